The lowest BCUT2D eigenvalue weighted by Gasteiger charge is -2.18. The number of rotatable bonds is 4. The van der Waals surface area contributed by atoms with Crippen molar-refractivity contribution in [1.29, 1.82) is 0 Å². The molecule has 0 saturated carbocycles. The Labute approximate surface area is 132 Å². The molecular weight excluding hydrogens is 345 g/mol. The van der Waals surface area contributed by atoms with Crippen molar-refractivity contribution in [2.75, 3.05) is 0 Å². The molecule has 1 rings (SSSR count). The fraction of sp³-hybridized carbons (Fsp3) is 0.417. The molecule has 0 spiro atoms. The van der Waals surface area contributed by atoms with Crippen molar-refractivity contribution in [1.82, 2.24) is 5.32 Å². The third kappa shape index (κ3) is 4.01. The zero-order chi connectivity index (χ0) is 15.7. The van der Waals surface area contributed by atoms with E-state index in [0.717, 1.165) is 6.07 Å². The molecule has 0 aliphatic rings. The molecule has 1 unspecified atom stereocenters. The van der Waals surface area contributed by atoms with Gasteiger partial charge in [0.05, 0.1) is 15.6 Å². The number of hydrogen-bond donors (Lipinski definition) is 1. The van der Waals surface area contributed by atoms with Crippen molar-refractivity contribution in [3.05, 3.63) is 27.7 Å². The van der Waals surface area contributed by atoms with Gasteiger partial charge < -0.3 is 5.32 Å². The first-order valence-corrected chi connectivity index (χ1v) is 8.85. The van der Waals surface area contributed by atoms with Crippen molar-refractivity contribution >= 4 is 48.8 Å². The van der Waals surface area contributed by atoms with Crippen LogP contribution in [0.3, 0.4) is 0 Å². The first kappa shape index (κ1) is 17.6. The number of hydrogen-bond acceptors (Lipinski definition) is 3. The van der Waals surface area contributed by atoms with Gasteiger partial charge in [-0.2, -0.15) is 0 Å². The van der Waals surface area contributed by atoms with Crippen LogP contribution in [-0.4, -0.2) is 20.4 Å². The van der Waals surface area contributed by atoms with Crippen LogP contribution in [0, 0.1) is 5.92 Å². The van der Waals surface area contributed by atoms with Crippen molar-refractivity contribution in [2.45, 2.75) is 31.7 Å². The van der Waals surface area contributed by atoms with Gasteiger partial charge in [-0.1, -0.05) is 37.0 Å². The Bertz CT molecular complexity index is 629. The summed E-state index contributed by atoms with van der Waals surface area (Å²) in [5.41, 5.74) is -0.0949. The Morgan fingerprint density at radius 1 is 1.20 bits per heavy atom. The van der Waals surface area contributed by atoms with Crippen molar-refractivity contribution in [2.24, 2.45) is 5.92 Å². The lowest BCUT2D eigenvalue weighted by atomic mass is 10.1. The quantitative estimate of drug-likeness (QED) is 0.835. The van der Waals surface area contributed by atoms with Crippen LogP contribution < -0.4 is 5.32 Å². The first-order valence-electron chi connectivity index (χ1n) is 5.79. The molecule has 1 N–H and O–H groups in total. The molecule has 20 heavy (non-hydrogen) atoms. The summed E-state index contributed by atoms with van der Waals surface area (Å²) in [6, 6.07) is 2.32. The van der Waals surface area contributed by atoms with E-state index in [-0.39, 0.29) is 32.5 Å². The highest BCUT2D eigenvalue weighted by molar-refractivity contribution is 8.13. The van der Waals surface area contributed by atoms with Gasteiger partial charge in [-0.15, -0.1) is 0 Å². The summed E-state index contributed by atoms with van der Waals surface area (Å²) in [6.07, 6.45) is 0. The zero-order valence-corrected chi connectivity index (χ0v) is 14.2. The van der Waals surface area contributed by atoms with Crippen LogP contribution in [0.4, 0.5) is 0 Å². The van der Waals surface area contributed by atoms with E-state index >= 15 is 0 Å². The third-order valence-corrected chi connectivity index (χ3v) is 5.09. The summed E-state index contributed by atoms with van der Waals surface area (Å²) >= 11 is 11.9. The Hall–Kier alpha value is -0.490. The molecule has 0 fully saturated rings. The van der Waals surface area contributed by atoms with Crippen molar-refractivity contribution < 1.29 is 13.2 Å². The molecule has 0 heterocycles. The Kier molecular flexibility index (Phi) is 5.72. The lowest BCUT2D eigenvalue weighted by Crippen LogP contribution is -2.36. The predicted molar refractivity (Wildman–Crippen MR) is 81.3 cm³/mol. The second-order valence-electron chi connectivity index (χ2n) is 4.68. The normalized spacial score (nSPS) is 13.3. The molecule has 0 aliphatic heterocycles. The molecule has 0 radical (unpaired) electrons. The number of halogens is 3. The van der Waals surface area contributed by atoms with Crippen LogP contribution in [0.1, 0.15) is 31.1 Å². The van der Waals surface area contributed by atoms with Gasteiger partial charge in [0.2, 0.25) is 0 Å². The summed E-state index contributed by atoms with van der Waals surface area (Å²) in [5, 5.41) is 2.50. The molecule has 8 heteroatoms. The molecule has 112 valence electrons. The van der Waals surface area contributed by atoms with Gasteiger partial charge in [0.15, 0.2) is 0 Å². The second-order valence-corrected chi connectivity index (χ2v) is 8.00. The van der Waals surface area contributed by atoms with E-state index in [1.165, 1.54) is 6.07 Å². The smallest absolute Gasteiger partial charge is 0.262 e. The average molecular weight is 359 g/mol. The molecule has 1 atom stereocenters. The molecular formula is C12H14Cl3NO3S. The number of carbonyl (C=O) groups is 1. The maximum Gasteiger partial charge on any atom is 0.262 e. The van der Waals surface area contributed by atoms with E-state index in [2.05, 4.69) is 5.32 Å². The largest absolute Gasteiger partial charge is 0.349 e. The van der Waals surface area contributed by atoms with Gasteiger partial charge in [-0.25, -0.2) is 8.42 Å². The summed E-state index contributed by atoms with van der Waals surface area (Å²) in [4.78, 5) is 11.8. The molecule has 1 aromatic carbocycles. The maximum absolute atomic E-state index is 12.2. The summed E-state index contributed by atoms with van der Waals surface area (Å²) < 4.78 is 22.8. The van der Waals surface area contributed by atoms with E-state index in [0.29, 0.717) is 0 Å². The van der Waals surface area contributed by atoms with E-state index in [1.807, 2.05) is 20.8 Å². The number of nitrogens with one attached hydrogen (secondary N) is 1. The molecule has 0 aliphatic carbocycles. The zero-order valence-electron chi connectivity index (χ0n) is 11.1. The SMILES string of the molecule is CC(C)C(C)NC(=O)c1c(Cl)ccc(S(=O)(=O)Cl)c1Cl. The summed E-state index contributed by atoms with van der Waals surface area (Å²) in [5.74, 6) is -0.334. The number of amides is 1. The van der Waals surface area contributed by atoms with Gasteiger partial charge in [0.1, 0.15) is 4.90 Å². The predicted octanol–water partition coefficient (Wildman–Crippen LogP) is 3.70. The first-order chi connectivity index (χ1) is 9.05. The maximum atomic E-state index is 12.2. The van der Waals surface area contributed by atoms with Crippen LogP contribution in [0.25, 0.3) is 0 Å². The van der Waals surface area contributed by atoms with Gasteiger partial charge in [-0.3, -0.25) is 4.79 Å². The molecule has 4 nitrogen and oxygen atoms in total. The summed E-state index contributed by atoms with van der Waals surface area (Å²) in [7, 11) is 1.21. The van der Waals surface area contributed by atoms with E-state index in [4.69, 9.17) is 33.9 Å². The fourth-order valence-electron chi connectivity index (χ4n) is 1.38. The average Bonchev–Trinajstić information content (AvgIpc) is 2.26. The van der Waals surface area contributed by atoms with Gasteiger partial charge in [-0.05, 0) is 25.0 Å². The van der Waals surface area contributed by atoms with Crippen molar-refractivity contribution in [3.63, 3.8) is 0 Å². The molecule has 0 bridgehead atoms. The fourth-order valence-corrected chi connectivity index (χ4v) is 3.27. The summed E-state index contributed by atoms with van der Waals surface area (Å²) in [6.45, 7) is 5.70. The molecule has 1 amide bonds. The molecule has 0 aromatic heterocycles. The minimum absolute atomic E-state index is 0.0625. The third-order valence-electron chi connectivity index (χ3n) is 2.90. The number of benzene rings is 1. The Balaban J connectivity index is 3.28. The Morgan fingerprint density at radius 2 is 1.75 bits per heavy atom. The van der Waals surface area contributed by atoms with Crippen LogP contribution in [-0.2, 0) is 9.05 Å². The highest BCUT2D eigenvalue weighted by atomic mass is 35.7. The highest BCUT2D eigenvalue weighted by Crippen LogP contribution is 2.32. The van der Waals surface area contributed by atoms with Gasteiger partial charge >= 0.3 is 0 Å². The van der Waals surface area contributed by atoms with Crippen LogP contribution >= 0.6 is 33.9 Å². The van der Waals surface area contributed by atoms with Gasteiger partial charge in [0, 0.05) is 16.7 Å². The lowest BCUT2D eigenvalue weighted by molar-refractivity contribution is 0.0930. The van der Waals surface area contributed by atoms with E-state index in [9.17, 15) is 13.2 Å². The standard InChI is InChI=1S/C12H14Cl3NO3S/c1-6(2)7(3)16-12(17)10-8(13)4-5-9(11(10)14)20(15,18)19/h4-7H,1-3H3,(H,16,17). The van der Waals surface area contributed by atoms with E-state index < -0.39 is 15.0 Å². The molecule has 1 aromatic rings. The van der Waals surface area contributed by atoms with Crippen LogP contribution in [0.2, 0.25) is 10.0 Å². The van der Waals surface area contributed by atoms with Gasteiger partial charge in [0.25, 0.3) is 15.0 Å². The minimum atomic E-state index is -4.05. The monoisotopic (exact) mass is 357 g/mol. The number of carbonyl (C=O) groups excluding carboxylic acids is 1. The van der Waals surface area contributed by atoms with Crippen molar-refractivity contribution in [3.8, 4) is 0 Å². The van der Waals surface area contributed by atoms with Crippen LogP contribution in [0.5, 0.6) is 0 Å². The topological polar surface area (TPSA) is 63.2 Å². The highest BCUT2D eigenvalue weighted by Gasteiger charge is 2.24. The van der Waals surface area contributed by atoms with E-state index in [1.54, 1.807) is 0 Å². The second kappa shape index (κ2) is 6.52. The minimum Gasteiger partial charge on any atom is -0.349 e. The Morgan fingerprint density at radius 3 is 2.20 bits per heavy atom. The molecule has 0 saturated heterocycles. The van der Waals surface area contributed by atoms with Crippen LogP contribution in [0.15, 0.2) is 17.0 Å².